The number of hydrogen-bond donors (Lipinski definition) is 1. The standard InChI is InChI=1S/C9H5BrN2O2/c10-6-3-5-4-11-2-1-7(5)12-8(6)9(13)14/h1-4H,(H,13,14). The molecule has 0 unspecified atom stereocenters. The second kappa shape index (κ2) is 3.34. The Kier molecular flexibility index (Phi) is 2.17. The van der Waals surface area contributed by atoms with Gasteiger partial charge < -0.3 is 5.11 Å². The van der Waals surface area contributed by atoms with Crippen LogP contribution >= 0.6 is 15.9 Å². The quantitative estimate of drug-likeness (QED) is 0.845. The van der Waals surface area contributed by atoms with Gasteiger partial charge in [0.05, 0.1) is 9.99 Å². The predicted molar refractivity (Wildman–Crippen MR) is 54.2 cm³/mol. The van der Waals surface area contributed by atoms with E-state index in [1.165, 1.54) is 0 Å². The molecule has 14 heavy (non-hydrogen) atoms. The van der Waals surface area contributed by atoms with E-state index in [-0.39, 0.29) is 5.69 Å². The van der Waals surface area contributed by atoms with E-state index >= 15 is 0 Å². The number of halogens is 1. The summed E-state index contributed by atoms with van der Waals surface area (Å²) in [6, 6.07) is 3.37. The Hall–Kier alpha value is -1.49. The molecule has 0 amide bonds. The van der Waals surface area contributed by atoms with Gasteiger partial charge in [0, 0.05) is 17.8 Å². The van der Waals surface area contributed by atoms with E-state index in [9.17, 15) is 4.79 Å². The molecule has 0 aliphatic carbocycles. The van der Waals surface area contributed by atoms with Gasteiger partial charge in [-0.25, -0.2) is 9.78 Å². The lowest BCUT2D eigenvalue weighted by Crippen LogP contribution is -2.01. The van der Waals surface area contributed by atoms with Crippen LogP contribution in [0.3, 0.4) is 0 Å². The van der Waals surface area contributed by atoms with Gasteiger partial charge in [-0.1, -0.05) is 0 Å². The first-order chi connectivity index (χ1) is 6.68. The van der Waals surface area contributed by atoms with Crippen molar-refractivity contribution in [1.29, 1.82) is 0 Å². The van der Waals surface area contributed by atoms with Crippen LogP contribution in [0.15, 0.2) is 29.0 Å². The van der Waals surface area contributed by atoms with Crippen molar-refractivity contribution in [1.82, 2.24) is 9.97 Å². The van der Waals surface area contributed by atoms with Crippen molar-refractivity contribution < 1.29 is 9.90 Å². The number of carboxylic acids is 1. The number of carbonyl (C=O) groups is 1. The van der Waals surface area contributed by atoms with Gasteiger partial charge >= 0.3 is 5.97 Å². The molecule has 0 aromatic carbocycles. The third kappa shape index (κ3) is 1.46. The molecular weight excluding hydrogens is 248 g/mol. The van der Waals surface area contributed by atoms with Crippen LogP contribution in [0.2, 0.25) is 0 Å². The first-order valence-corrected chi connectivity index (χ1v) is 4.61. The number of rotatable bonds is 1. The highest BCUT2D eigenvalue weighted by Gasteiger charge is 2.10. The minimum absolute atomic E-state index is 0.0173. The number of pyridine rings is 2. The molecule has 0 saturated carbocycles. The Morgan fingerprint density at radius 3 is 3.00 bits per heavy atom. The lowest BCUT2D eigenvalue weighted by Gasteiger charge is -2.00. The van der Waals surface area contributed by atoms with E-state index < -0.39 is 5.97 Å². The van der Waals surface area contributed by atoms with Gasteiger partial charge in [0.2, 0.25) is 0 Å². The fourth-order valence-corrected chi connectivity index (χ4v) is 1.65. The lowest BCUT2D eigenvalue weighted by atomic mass is 10.2. The summed E-state index contributed by atoms with van der Waals surface area (Å²) in [5.41, 5.74) is 0.643. The van der Waals surface area contributed by atoms with Crippen molar-refractivity contribution in [3.63, 3.8) is 0 Å². The van der Waals surface area contributed by atoms with Crippen molar-refractivity contribution in [2.24, 2.45) is 0 Å². The second-order valence-electron chi connectivity index (χ2n) is 2.69. The van der Waals surface area contributed by atoms with Gasteiger partial charge in [0.1, 0.15) is 0 Å². The minimum Gasteiger partial charge on any atom is -0.476 e. The molecule has 1 N–H and O–H groups in total. The number of hydrogen-bond acceptors (Lipinski definition) is 3. The number of fused-ring (bicyclic) bond motifs is 1. The third-order valence-corrected chi connectivity index (χ3v) is 2.38. The van der Waals surface area contributed by atoms with Crippen molar-refractivity contribution in [2.45, 2.75) is 0 Å². The summed E-state index contributed by atoms with van der Waals surface area (Å²) in [5, 5.41) is 9.63. The Morgan fingerprint density at radius 2 is 2.29 bits per heavy atom. The highest BCUT2D eigenvalue weighted by Crippen LogP contribution is 2.20. The molecule has 5 heteroatoms. The Bertz CT molecular complexity index is 513. The fourth-order valence-electron chi connectivity index (χ4n) is 1.14. The SMILES string of the molecule is O=C(O)c1nc2ccncc2cc1Br. The van der Waals surface area contributed by atoms with Gasteiger partial charge in [-0.2, -0.15) is 0 Å². The molecule has 0 bridgehead atoms. The maximum Gasteiger partial charge on any atom is 0.355 e. The number of carboxylic acid groups (broad SMARTS) is 1. The first kappa shape index (κ1) is 9.08. The number of aromatic carboxylic acids is 1. The topological polar surface area (TPSA) is 63.1 Å². The zero-order valence-electron chi connectivity index (χ0n) is 6.94. The van der Waals surface area contributed by atoms with Crippen LogP contribution in [-0.2, 0) is 0 Å². The molecule has 0 spiro atoms. The zero-order chi connectivity index (χ0) is 10.1. The van der Waals surface area contributed by atoms with E-state index in [0.717, 1.165) is 5.39 Å². The van der Waals surface area contributed by atoms with E-state index in [2.05, 4.69) is 25.9 Å². The van der Waals surface area contributed by atoms with E-state index in [4.69, 9.17) is 5.11 Å². The summed E-state index contributed by atoms with van der Waals surface area (Å²) < 4.78 is 0.463. The van der Waals surface area contributed by atoms with E-state index in [0.29, 0.717) is 9.99 Å². The summed E-state index contributed by atoms with van der Waals surface area (Å²) in [7, 11) is 0. The van der Waals surface area contributed by atoms with Crippen LogP contribution in [-0.4, -0.2) is 21.0 Å². The highest BCUT2D eigenvalue weighted by atomic mass is 79.9. The average Bonchev–Trinajstić information content (AvgIpc) is 2.16. The molecule has 0 saturated heterocycles. The average molecular weight is 253 g/mol. The molecule has 0 atom stereocenters. The summed E-state index contributed by atoms with van der Waals surface area (Å²) in [6.45, 7) is 0. The van der Waals surface area contributed by atoms with Crippen molar-refractivity contribution in [3.05, 3.63) is 34.7 Å². The van der Waals surface area contributed by atoms with Crippen molar-refractivity contribution >= 4 is 32.8 Å². The summed E-state index contributed by atoms with van der Waals surface area (Å²) in [5.74, 6) is -1.05. The van der Waals surface area contributed by atoms with Crippen LogP contribution < -0.4 is 0 Å². The Balaban J connectivity index is 2.77. The largest absolute Gasteiger partial charge is 0.476 e. The van der Waals surface area contributed by atoms with Crippen LogP contribution in [0.5, 0.6) is 0 Å². The van der Waals surface area contributed by atoms with Gasteiger partial charge in [0.15, 0.2) is 5.69 Å². The number of nitrogens with zero attached hydrogens (tertiary/aromatic N) is 2. The van der Waals surface area contributed by atoms with Crippen molar-refractivity contribution in [2.75, 3.05) is 0 Å². The molecule has 4 nitrogen and oxygen atoms in total. The monoisotopic (exact) mass is 252 g/mol. The van der Waals surface area contributed by atoms with E-state index in [1.54, 1.807) is 24.5 Å². The molecular formula is C9H5BrN2O2. The molecule has 2 rings (SSSR count). The molecule has 0 aliphatic heterocycles. The van der Waals surface area contributed by atoms with Gasteiger partial charge in [-0.15, -0.1) is 0 Å². The summed E-state index contributed by atoms with van der Waals surface area (Å²) >= 11 is 3.15. The molecule has 2 heterocycles. The van der Waals surface area contributed by atoms with Crippen molar-refractivity contribution in [3.8, 4) is 0 Å². The predicted octanol–water partition coefficient (Wildman–Crippen LogP) is 2.09. The van der Waals surface area contributed by atoms with Crippen LogP contribution in [0, 0.1) is 0 Å². The summed E-state index contributed by atoms with van der Waals surface area (Å²) in [6.07, 6.45) is 3.22. The normalized spacial score (nSPS) is 10.4. The van der Waals surface area contributed by atoms with Crippen LogP contribution in [0.4, 0.5) is 0 Å². The molecule has 2 aromatic rings. The molecule has 0 radical (unpaired) electrons. The van der Waals surface area contributed by atoms with Crippen LogP contribution in [0.1, 0.15) is 10.5 Å². The first-order valence-electron chi connectivity index (χ1n) is 3.82. The molecule has 0 aliphatic rings. The smallest absolute Gasteiger partial charge is 0.355 e. The van der Waals surface area contributed by atoms with Gasteiger partial charge in [0.25, 0.3) is 0 Å². The van der Waals surface area contributed by atoms with Crippen LogP contribution in [0.25, 0.3) is 10.9 Å². The maximum absolute atomic E-state index is 10.8. The Labute approximate surface area is 87.7 Å². The summed E-state index contributed by atoms with van der Waals surface area (Å²) in [4.78, 5) is 18.7. The Morgan fingerprint density at radius 1 is 1.50 bits per heavy atom. The minimum atomic E-state index is -1.05. The van der Waals surface area contributed by atoms with E-state index in [1.807, 2.05) is 0 Å². The van der Waals surface area contributed by atoms with Gasteiger partial charge in [-0.05, 0) is 28.1 Å². The molecule has 70 valence electrons. The fraction of sp³-hybridized carbons (Fsp3) is 0. The van der Waals surface area contributed by atoms with Gasteiger partial charge in [-0.3, -0.25) is 4.98 Å². The second-order valence-corrected chi connectivity index (χ2v) is 3.55. The maximum atomic E-state index is 10.8. The molecule has 2 aromatic heterocycles. The third-order valence-electron chi connectivity index (χ3n) is 1.77. The molecule has 0 fully saturated rings. The highest BCUT2D eigenvalue weighted by molar-refractivity contribution is 9.10. The number of aromatic nitrogens is 2. The lowest BCUT2D eigenvalue weighted by molar-refractivity contribution is 0.0690. The zero-order valence-corrected chi connectivity index (χ0v) is 8.52.